The van der Waals surface area contributed by atoms with Gasteiger partial charge in [-0.2, -0.15) is 0 Å². The molecule has 0 saturated carbocycles. The van der Waals surface area contributed by atoms with Crippen LogP contribution >= 0.6 is 0 Å². The van der Waals surface area contributed by atoms with Crippen molar-refractivity contribution in [2.45, 2.75) is 25.3 Å². The summed E-state index contributed by atoms with van der Waals surface area (Å²) < 4.78 is 7.45. The number of anilines is 1. The molecule has 2 amide bonds. The van der Waals surface area contributed by atoms with E-state index < -0.39 is 0 Å². The van der Waals surface area contributed by atoms with Crippen molar-refractivity contribution in [1.29, 1.82) is 0 Å². The van der Waals surface area contributed by atoms with Crippen molar-refractivity contribution in [3.63, 3.8) is 0 Å². The molecular formula is C29H26N4O4. The largest absolute Gasteiger partial charge is 0.451 e. The van der Waals surface area contributed by atoms with E-state index >= 15 is 0 Å². The number of nitrogens with one attached hydrogen (secondary N) is 2. The maximum Gasteiger partial charge on any atom is 0.326 e. The minimum atomic E-state index is -0.322. The SMILES string of the molecule is O=C(Nc1ccc(CC(=O)N2CCC(n3c(=O)[nH]c4ccccc43)CC2)cc1)c1cc2ccccc2o1. The Balaban J connectivity index is 1.05. The number of benzene rings is 3. The molecule has 37 heavy (non-hydrogen) atoms. The molecule has 2 aromatic heterocycles. The zero-order valence-corrected chi connectivity index (χ0v) is 20.1. The highest BCUT2D eigenvalue weighted by Crippen LogP contribution is 2.25. The number of likely N-dealkylation sites (tertiary alicyclic amines) is 1. The van der Waals surface area contributed by atoms with Crippen LogP contribution in [0.5, 0.6) is 0 Å². The van der Waals surface area contributed by atoms with E-state index in [1.54, 1.807) is 18.2 Å². The fourth-order valence-corrected chi connectivity index (χ4v) is 5.09. The lowest BCUT2D eigenvalue weighted by molar-refractivity contribution is -0.131. The normalized spacial score (nSPS) is 14.3. The summed E-state index contributed by atoms with van der Waals surface area (Å²) in [7, 11) is 0. The first kappa shape index (κ1) is 22.8. The number of carbonyl (C=O) groups excluding carboxylic acids is 2. The molecular weight excluding hydrogens is 468 g/mol. The van der Waals surface area contributed by atoms with Crippen LogP contribution in [0.25, 0.3) is 22.0 Å². The van der Waals surface area contributed by atoms with E-state index in [0.29, 0.717) is 24.4 Å². The molecule has 186 valence electrons. The summed E-state index contributed by atoms with van der Waals surface area (Å²) in [5, 5.41) is 3.71. The van der Waals surface area contributed by atoms with Crippen molar-refractivity contribution < 1.29 is 14.0 Å². The molecule has 0 spiro atoms. The molecule has 0 aliphatic carbocycles. The van der Waals surface area contributed by atoms with Gasteiger partial charge in [0.15, 0.2) is 5.76 Å². The van der Waals surface area contributed by atoms with Gasteiger partial charge in [-0.1, -0.05) is 42.5 Å². The Kier molecular flexibility index (Phi) is 5.84. The monoisotopic (exact) mass is 494 g/mol. The zero-order valence-electron chi connectivity index (χ0n) is 20.1. The fraction of sp³-hybridized carbons (Fsp3) is 0.207. The standard InChI is InChI=1S/C29H26N4O4/c34-27(32-15-13-22(14-16-32)33-24-7-3-2-6-23(24)31-29(33)36)17-19-9-11-21(12-10-19)30-28(35)26-18-20-5-1-4-8-25(20)37-26/h1-12,18,22H,13-17H2,(H,30,35)(H,31,36). The second kappa shape index (κ2) is 9.46. The van der Waals surface area contributed by atoms with Crippen LogP contribution in [-0.2, 0) is 11.2 Å². The van der Waals surface area contributed by atoms with Crippen molar-refractivity contribution >= 4 is 39.5 Å². The molecule has 2 N–H and O–H groups in total. The topological polar surface area (TPSA) is 100 Å². The van der Waals surface area contributed by atoms with Gasteiger partial charge >= 0.3 is 5.69 Å². The van der Waals surface area contributed by atoms with Crippen LogP contribution in [0.1, 0.15) is 35.0 Å². The van der Waals surface area contributed by atoms with Gasteiger partial charge in [-0.3, -0.25) is 14.2 Å². The lowest BCUT2D eigenvalue weighted by Gasteiger charge is -2.32. The van der Waals surface area contributed by atoms with Gasteiger partial charge in [-0.05, 0) is 54.8 Å². The van der Waals surface area contributed by atoms with Crippen molar-refractivity contribution in [1.82, 2.24) is 14.5 Å². The first-order valence-corrected chi connectivity index (χ1v) is 12.4. The smallest absolute Gasteiger partial charge is 0.326 e. The summed E-state index contributed by atoms with van der Waals surface area (Å²) in [4.78, 5) is 42.8. The summed E-state index contributed by atoms with van der Waals surface area (Å²) in [6.45, 7) is 1.22. The first-order valence-electron chi connectivity index (χ1n) is 12.4. The minimum absolute atomic E-state index is 0.0591. The number of amides is 2. The number of nitrogens with zero attached hydrogens (tertiary/aromatic N) is 2. The molecule has 3 aromatic carbocycles. The average molecular weight is 495 g/mol. The number of rotatable bonds is 5. The number of aromatic amines is 1. The van der Waals surface area contributed by atoms with Crippen LogP contribution in [0.3, 0.4) is 0 Å². The lowest BCUT2D eigenvalue weighted by atomic mass is 10.0. The second-order valence-corrected chi connectivity index (χ2v) is 9.41. The van der Waals surface area contributed by atoms with Crippen LogP contribution in [0, 0.1) is 0 Å². The number of H-pyrrole nitrogens is 1. The van der Waals surface area contributed by atoms with E-state index in [2.05, 4.69) is 10.3 Å². The van der Waals surface area contributed by atoms with E-state index in [4.69, 9.17) is 4.42 Å². The van der Waals surface area contributed by atoms with E-state index in [0.717, 1.165) is 34.8 Å². The molecule has 1 fully saturated rings. The van der Waals surface area contributed by atoms with Gasteiger partial charge in [-0.25, -0.2) is 4.79 Å². The Morgan fingerprint density at radius 1 is 0.946 bits per heavy atom. The second-order valence-electron chi connectivity index (χ2n) is 9.41. The number of fused-ring (bicyclic) bond motifs is 2. The number of para-hydroxylation sites is 3. The summed E-state index contributed by atoms with van der Waals surface area (Å²) in [5.41, 5.74) is 3.82. The van der Waals surface area contributed by atoms with Crippen molar-refractivity contribution in [3.8, 4) is 0 Å². The Morgan fingerprint density at radius 2 is 1.68 bits per heavy atom. The van der Waals surface area contributed by atoms with E-state index in [-0.39, 0.29) is 35.7 Å². The first-order chi connectivity index (χ1) is 18.0. The Labute approximate surface area is 212 Å². The van der Waals surface area contributed by atoms with Gasteiger partial charge in [0.1, 0.15) is 5.58 Å². The van der Waals surface area contributed by atoms with Gasteiger partial charge in [0.05, 0.1) is 17.5 Å². The van der Waals surface area contributed by atoms with Gasteiger partial charge in [-0.15, -0.1) is 0 Å². The van der Waals surface area contributed by atoms with E-state index in [9.17, 15) is 14.4 Å². The fourth-order valence-electron chi connectivity index (χ4n) is 5.09. The third-order valence-electron chi connectivity index (χ3n) is 7.02. The maximum atomic E-state index is 12.9. The van der Waals surface area contributed by atoms with Crippen LogP contribution in [-0.4, -0.2) is 39.4 Å². The van der Waals surface area contributed by atoms with Crippen LogP contribution in [0.4, 0.5) is 5.69 Å². The number of furan rings is 1. The van der Waals surface area contributed by atoms with Crippen LogP contribution in [0.15, 0.2) is 88.1 Å². The Hall–Kier alpha value is -4.59. The molecule has 3 heterocycles. The summed E-state index contributed by atoms with van der Waals surface area (Å²) in [5.74, 6) is -0.0141. The number of aromatic nitrogens is 2. The average Bonchev–Trinajstić information content (AvgIpc) is 3.50. The molecule has 8 nitrogen and oxygen atoms in total. The molecule has 8 heteroatoms. The number of imidazole rings is 1. The highest BCUT2D eigenvalue weighted by molar-refractivity contribution is 6.04. The summed E-state index contributed by atoms with van der Waals surface area (Å²) >= 11 is 0. The van der Waals surface area contributed by atoms with E-state index in [1.807, 2.05) is 70.1 Å². The Bertz CT molecular complexity index is 1620. The zero-order chi connectivity index (χ0) is 25.4. The van der Waals surface area contributed by atoms with Crippen molar-refractivity contribution in [2.75, 3.05) is 18.4 Å². The molecule has 0 radical (unpaired) electrons. The molecule has 6 rings (SSSR count). The molecule has 1 aliphatic heterocycles. The quantitative estimate of drug-likeness (QED) is 0.369. The predicted molar refractivity (Wildman–Crippen MR) is 142 cm³/mol. The predicted octanol–water partition coefficient (Wildman–Crippen LogP) is 4.73. The lowest BCUT2D eigenvalue weighted by Crippen LogP contribution is -2.41. The van der Waals surface area contributed by atoms with Crippen LogP contribution < -0.4 is 11.0 Å². The van der Waals surface area contributed by atoms with E-state index in [1.165, 1.54) is 0 Å². The molecule has 5 aromatic rings. The summed E-state index contributed by atoms with van der Waals surface area (Å²) in [6, 6.07) is 24.2. The van der Waals surface area contributed by atoms with Crippen molar-refractivity contribution in [2.24, 2.45) is 0 Å². The number of piperidine rings is 1. The number of carbonyl (C=O) groups is 2. The highest BCUT2D eigenvalue weighted by Gasteiger charge is 2.26. The molecule has 0 unspecified atom stereocenters. The molecule has 1 aliphatic rings. The number of hydrogen-bond acceptors (Lipinski definition) is 4. The van der Waals surface area contributed by atoms with Gasteiger partial charge in [0.25, 0.3) is 5.91 Å². The third kappa shape index (κ3) is 4.53. The molecule has 0 bridgehead atoms. The van der Waals surface area contributed by atoms with Crippen LogP contribution in [0.2, 0.25) is 0 Å². The van der Waals surface area contributed by atoms with Gasteiger partial charge in [0.2, 0.25) is 5.91 Å². The highest BCUT2D eigenvalue weighted by atomic mass is 16.3. The third-order valence-corrected chi connectivity index (χ3v) is 7.02. The minimum Gasteiger partial charge on any atom is -0.451 e. The molecule has 0 atom stereocenters. The van der Waals surface area contributed by atoms with Crippen molar-refractivity contribution in [3.05, 3.63) is 101 Å². The molecule has 1 saturated heterocycles. The number of hydrogen-bond donors (Lipinski definition) is 2. The van der Waals surface area contributed by atoms with Gasteiger partial charge < -0.3 is 19.6 Å². The van der Waals surface area contributed by atoms with Gasteiger partial charge in [0, 0.05) is 30.2 Å². The maximum absolute atomic E-state index is 12.9. The Morgan fingerprint density at radius 3 is 2.46 bits per heavy atom. The summed E-state index contributed by atoms with van der Waals surface area (Å²) in [6.07, 6.45) is 1.76.